The van der Waals surface area contributed by atoms with Crippen molar-refractivity contribution in [1.82, 2.24) is 5.43 Å². The van der Waals surface area contributed by atoms with E-state index >= 15 is 0 Å². The van der Waals surface area contributed by atoms with Gasteiger partial charge >= 0.3 is 0 Å². The summed E-state index contributed by atoms with van der Waals surface area (Å²) in [6, 6.07) is 14.9. The average molecular weight is 375 g/mol. The summed E-state index contributed by atoms with van der Waals surface area (Å²) in [5.74, 6) is 0.557. The van der Waals surface area contributed by atoms with Crippen molar-refractivity contribution < 1.29 is 9.53 Å². The van der Waals surface area contributed by atoms with Gasteiger partial charge in [0.2, 0.25) is 0 Å². The van der Waals surface area contributed by atoms with E-state index in [1.165, 1.54) is 0 Å². The number of carbonyl (C=O) groups is 1. The lowest BCUT2D eigenvalue weighted by atomic mass is 10.1. The third-order valence-electron chi connectivity index (χ3n) is 3.32. The number of nitrogens with one attached hydrogen (secondary N) is 1. The molecule has 0 fully saturated rings. The highest BCUT2D eigenvalue weighted by Gasteiger charge is 2.09. The Morgan fingerprint density at radius 3 is 2.48 bits per heavy atom. The van der Waals surface area contributed by atoms with Crippen molar-refractivity contribution in [3.05, 3.63) is 64.1 Å². The van der Waals surface area contributed by atoms with Crippen LogP contribution in [0, 0.1) is 0 Å². The molecule has 0 aliphatic rings. The minimum Gasteiger partial charge on any atom is -0.497 e. The summed E-state index contributed by atoms with van der Waals surface area (Å²) in [6.45, 7) is 2.08. The molecule has 0 heterocycles. The molecule has 0 saturated carbocycles. The van der Waals surface area contributed by atoms with Gasteiger partial charge in [-0.05, 0) is 64.3 Å². The standard InChI is InChI=1S/C18H19BrN2O2/c1-3-6-17(13-9-11-14(23-2)12-10-13)20-21-18(22)15-7-4-5-8-16(15)19/h4-5,7-12H,3,6H2,1-2H3,(H,21,22)/b20-17+. The molecule has 0 aliphatic heterocycles. The lowest BCUT2D eigenvalue weighted by Crippen LogP contribution is -2.20. The number of carbonyl (C=O) groups excluding carboxylic acids is 1. The summed E-state index contributed by atoms with van der Waals surface area (Å²) in [5.41, 5.74) is 5.01. The zero-order chi connectivity index (χ0) is 16.7. The summed E-state index contributed by atoms with van der Waals surface area (Å²) >= 11 is 3.37. The second-order valence-electron chi connectivity index (χ2n) is 4.96. The third-order valence-corrected chi connectivity index (χ3v) is 4.01. The molecule has 0 aromatic heterocycles. The number of ether oxygens (including phenoxy) is 1. The van der Waals surface area contributed by atoms with Crippen molar-refractivity contribution in [2.75, 3.05) is 7.11 Å². The maximum absolute atomic E-state index is 12.2. The Bertz CT molecular complexity index is 696. The van der Waals surface area contributed by atoms with Gasteiger partial charge in [-0.3, -0.25) is 4.79 Å². The summed E-state index contributed by atoms with van der Waals surface area (Å²) in [6.07, 6.45) is 1.72. The lowest BCUT2D eigenvalue weighted by molar-refractivity contribution is 0.0954. The van der Waals surface area contributed by atoms with Crippen molar-refractivity contribution in [3.8, 4) is 5.75 Å². The number of amides is 1. The summed E-state index contributed by atoms with van der Waals surface area (Å²) < 4.78 is 5.91. The first-order chi connectivity index (χ1) is 11.2. The van der Waals surface area contributed by atoms with E-state index < -0.39 is 0 Å². The number of hydrazone groups is 1. The molecule has 5 heteroatoms. The van der Waals surface area contributed by atoms with Gasteiger partial charge < -0.3 is 4.74 Å². The minimum atomic E-state index is -0.236. The van der Waals surface area contributed by atoms with E-state index in [0.29, 0.717) is 5.56 Å². The fourth-order valence-corrected chi connectivity index (χ4v) is 2.57. The molecule has 0 unspecified atom stereocenters. The molecule has 2 rings (SSSR count). The first-order valence-corrected chi connectivity index (χ1v) is 8.21. The van der Waals surface area contributed by atoms with Crippen LogP contribution in [0.2, 0.25) is 0 Å². The smallest absolute Gasteiger partial charge is 0.272 e. The lowest BCUT2D eigenvalue weighted by Gasteiger charge is -2.08. The Hall–Kier alpha value is -2.14. The van der Waals surface area contributed by atoms with Crippen LogP contribution in [0.3, 0.4) is 0 Å². The zero-order valence-corrected chi connectivity index (χ0v) is 14.8. The molecular weight excluding hydrogens is 356 g/mol. The van der Waals surface area contributed by atoms with Crippen LogP contribution < -0.4 is 10.2 Å². The van der Waals surface area contributed by atoms with E-state index in [0.717, 1.165) is 34.3 Å². The van der Waals surface area contributed by atoms with Crippen molar-refractivity contribution in [2.24, 2.45) is 5.10 Å². The van der Waals surface area contributed by atoms with Gasteiger partial charge in [0.25, 0.3) is 5.91 Å². The van der Waals surface area contributed by atoms with Crippen molar-refractivity contribution in [1.29, 1.82) is 0 Å². The van der Waals surface area contributed by atoms with Gasteiger partial charge in [0, 0.05) is 4.47 Å². The Morgan fingerprint density at radius 2 is 1.87 bits per heavy atom. The molecule has 0 atom stereocenters. The fraction of sp³-hybridized carbons (Fsp3) is 0.222. The second-order valence-corrected chi connectivity index (χ2v) is 5.81. The fourth-order valence-electron chi connectivity index (χ4n) is 2.11. The monoisotopic (exact) mass is 374 g/mol. The molecule has 2 aromatic carbocycles. The van der Waals surface area contributed by atoms with E-state index in [4.69, 9.17) is 4.74 Å². The molecule has 4 nitrogen and oxygen atoms in total. The maximum atomic E-state index is 12.2. The molecule has 0 saturated heterocycles. The van der Waals surface area contributed by atoms with Crippen LogP contribution in [-0.2, 0) is 0 Å². The number of hydrogen-bond donors (Lipinski definition) is 1. The SMILES string of the molecule is CCC/C(=N\NC(=O)c1ccccc1Br)c1ccc(OC)cc1. The van der Waals surface area contributed by atoms with Gasteiger partial charge in [-0.25, -0.2) is 5.43 Å². The van der Waals surface area contributed by atoms with E-state index in [1.807, 2.05) is 42.5 Å². The number of nitrogens with zero attached hydrogens (tertiary/aromatic N) is 1. The predicted octanol–water partition coefficient (Wildman–Crippen LogP) is 4.39. The average Bonchev–Trinajstić information content (AvgIpc) is 2.59. The number of hydrogen-bond acceptors (Lipinski definition) is 3. The van der Waals surface area contributed by atoms with Crippen LogP contribution in [0.5, 0.6) is 5.75 Å². The highest BCUT2D eigenvalue weighted by Crippen LogP contribution is 2.16. The van der Waals surface area contributed by atoms with Gasteiger partial charge in [0.1, 0.15) is 5.75 Å². The molecular formula is C18H19BrN2O2. The first-order valence-electron chi connectivity index (χ1n) is 7.41. The predicted molar refractivity (Wildman–Crippen MR) is 96.0 cm³/mol. The van der Waals surface area contributed by atoms with Crippen molar-refractivity contribution in [2.45, 2.75) is 19.8 Å². The van der Waals surface area contributed by atoms with E-state index in [-0.39, 0.29) is 5.91 Å². The zero-order valence-electron chi connectivity index (χ0n) is 13.2. The van der Waals surface area contributed by atoms with Crippen LogP contribution >= 0.6 is 15.9 Å². The van der Waals surface area contributed by atoms with Crippen molar-refractivity contribution >= 4 is 27.5 Å². The molecule has 120 valence electrons. The Labute approximate surface area is 144 Å². The molecule has 23 heavy (non-hydrogen) atoms. The highest BCUT2D eigenvalue weighted by molar-refractivity contribution is 9.10. The van der Waals surface area contributed by atoms with E-state index in [1.54, 1.807) is 13.2 Å². The topological polar surface area (TPSA) is 50.7 Å². The minimum absolute atomic E-state index is 0.236. The first kappa shape index (κ1) is 17.2. The normalized spacial score (nSPS) is 11.2. The van der Waals surface area contributed by atoms with Crippen LogP contribution in [0.4, 0.5) is 0 Å². The molecule has 0 bridgehead atoms. The quantitative estimate of drug-likeness (QED) is 0.601. The number of benzene rings is 2. The summed E-state index contributed by atoms with van der Waals surface area (Å²) in [5, 5.41) is 4.31. The summed E-state index contributed by atoms with van der Waals surface area (Å²) in [4.78, 5) is 12.2. The third kappa shape index (κ3) is 4.66. The molecule has 0 radical (unpaired) electrons. The summed E-state index contributed by atoms with van der Waals surface area (Å²) in [7, 11) is 1.63. The van der Waals surface area contributed by atoms with Gasteiger partial charge in [-0.2, -0.15) is 5.10 Å². The Kier molecular flexibility index (Phi) is 6.35. The number of methoxy groups -OCH3 is 1. The van der Waals surface area contributed by atoms with Gasteiger partial charge in [0.15, 0.2) is 0 Å². The van der Waals surface area contributed by atoms with Gasteiger partial charge in [-0.15, -0.1) is 0 Å². The van der Waals surface area contributed by atoms with Crippen LogP contribution in [0.1, 0.15) is 35.7 Å². The van der Waals surface area contributed by atoms with Gasteiger partial charge in [0.05, 0.1) is 18.4 Å². The highest BCUT2D eigenvalue weighted by atomic mass is 79.9. The molecule has 1 N–H and O–H groups in total. The Morgan fingerprint density at radius 1 is 1.17 bits per heavy atom. The van der Waals surface area contributed by atoms with E-state index in [2.05, 4.69) is 33.4 Å². The molecule has 0 aliphatic carbocycles. The number of rotatable bonds is 6. The molecule has 2 aromatic rings. The van der Waals surface area contributed by atoms with Crippen LogP contribution in [0.15, 0.2) is 58.1 Å². The second kappa shape index (κ2) is 8.48. The molecule has 0 spiro atoms. The number of halogens is 1. The molecule has 1 amide bonds. The van der Waals surface area contributed by atoms with Crippen LogP contribution in [0.25, 0.3) is 0 Å². The van der Waals surface area contributed by atoms with Gasteiger partial charge in [-0.1, -0.05) is 25.5 Å². The Balaban J connectivity index is 2.18. The van der Waals surface area contributed by atoms with Crippen LogP contribution in [-0.4, -0.2) is 18.7 Å². The maximum Gasteiger partial charge on any atom is 0.272 e. The van der Waals surface area contributed by atoms with Crippen molar-refractivity contribution in [3.63, 3.8) is 0 Å². The largest absolute Gasteiger partial charge is 0.497 e. The van der Waals surface area contributed by atoms with E-state index in [9.17, 15) is 4.79 Å².